The zero-order valence-corrected chi connectivity index (χ0v) is 13.1. The number of esters is 1. The number of rotatable bonds is 7. The van der Waals surface area contributed by atoms with Gasteiger partial charge in [0.2, 0.25) is 0 Å². The summed E-state index contributed by atoms with van der Waals surface area (Å²) in [4.78, 5) is 25.6. The molecule has 1 rings (SSSR count). The number of carbonyl (C=O) groups excluding carboxylic acids is 2. The van der Waals surface area contributed by atoms with E-state index in [0.29, 0.717) is 24.5 Å². The van der Waals surface area contributed by atoms with Gasteiger partial charge in [-0.15, -0.1) is 0 Å². The van der Waals surface area contributed by atoms with E-state index in [2.05, 4.69) is 0 Å². The van der Waals surface area contributed by atoms with Crippen LogP contribution in [0.15, 0.2) is 24.3 Å². The van der Waals surface area contributed by atoms with Crippen LogP contribution in [0.3, 0.4) is 0 Å². The minimum atomic E-state index is -0.286. The van der Waals surface area contributed by atoms with Crippen molar-refractivity contribution < 1.29 is 19.1 Å². The summed E-state index contributed by atoms with van der Waals surface area (Å²) in [5, 5.41) is 0. The molecule has 0 aromatic heterocycles. The van der Waals surface area contributed by atoms with E-state index in [1.54, 1.807) is 43.2 Å². The maximum absolute atomic E-state index is 12.5. The highest BCUT2D eigenvalue weighted by Crippen LogP contribution is 2.14. The van der Waals surface area contributed by atoms with Gasteiger partial charge in [-0.25, -0.2) is 0 Å². The molecule has 0 radical (unpaired) electrons. The minimum Gasteiger partial charge on any atom is -0.497 e. The van der Waals surface area contributed by atoms with E-state index >= 15 is 0 Å². The number of carbonyl (C=O) groups is 2. The number of benzene rings is 1. The Morgan fingerprint density at radius 3 is 2.29 bits per heavy atom. The second-order valence-electron chi connectivity index (χ2n) is 4.88. The fourth-order valence-electron chi connectivity index (χ4n) is 1.94. The third-order valence-corrected chi connectivity index (χ3v) is 3.08. The Bertz CT molecular complexity index is 468. The predicted molar refractivity (Wildman–Crippen MR) is 80.4 cm³/mol. The Kier molecular flexibility index (Phi) is 6.72. The summed E-state index contributed by atoms with van der Waals surface area (Å²) in [6, 6.07) is 6.95. The van der Waals surface area contributed by atoms with E-state index in [9.17, 15) is 9.59 Å². The van der Waals surface area contributed by atoms with Crippen molar-refractivity contribution in [1.29, 1.82) is 0 Å². The molecule has 116 valence electrons. The lowest BCUT2D eigenvalue weighted by Gasteiger charge is -2.26. The highest BCUT2D eigenvalue weighted by Gasteiger charge is 2.20. The van der Waals surface area contributed by atoms with Gasteiger partial charge in [-0.1, -0.05) is 0 Å². The van der Waals surface area contributed by atoms with Gasteiger partial charge in [0.05, 0.1) is 20.1 Å². The van der Waals surface area contributed by atoms with Crippen molar-refractivity contribution in [3.05, 3.63) is 29.8 Å². The van der Waals surface area contributed by atoms with E-state index < -0.39 is 0 Å². The third kappa shape index (κ3) is 5.10. The van der Waals surface area contributed by atoms with Gasteiger partial charge in [0, 0.05) is 18.2 Å². The summed E-state index contributed by atoms with van der Waals surface area (Å²) < 4.78 is 9.97. The van der Waals surface area contributed by atoms with Crippen LogP contribution in [0.5, 0.6) is 5.75 Å². The standard InChI is InChI=1S/C16H23NO4/c1-5-21-15(18)10-11-17(12(2)3)16(19)13-6-8-14(20-4)9-7-13/h6-9,12H,5,10-11H2,1-4H3. The molecule has 0 fully saturated rings. The first-order valence-corrected chi connectivity index (χ1v) is 7.10. The number of ether oxygens (including phenoxy) is 2. The Hall–Kier alpha value is -2.04. The van der Waals surface area contributed by atoms with E-state index in [0.717, 1.165) is 0 Å². The lowest BCUT2D eigenvalue weighted by atomic mass is 10.1. The van der Waals surface area contributed by atoms with E-state index in [1.807, 2.05) is 13.8 Å². The minimum absolute atomic E-state index is 0.00836. The van der Waals surface area contributed by atoms with Crippen molar-refractivity contribution in [2.45, 2.75) is 33.2 Å². The molecular weight excluding hydrogens is 270 g/mol. The summed E-state index contributed by atoms with van der Waals surface area (Å²) in [6.07, 6.45) is 0.202. The smallest absolute Gasteiger partial charge is 0.307 e. The van der Waals surface area contributed by atoms with Gasteiger partial charge in [0.15, 0.2) is 0 Å². The van der Waals surface area contributed by atoms with Crippen LogP contribution in [0.2, 0.25) is 0 Å². The monoisotopic (exact) mass is 293 g/mol. The maximum atomic E-state index is 12.5. The molecule has 0 atom stereocenters. The zero-order chi connectivity index (χ0) is 15.8. The first-order chi connectivity index (χ1) is 9.99. The molecule has 0 aliphatic carbocycles. The number of methoxy groups -OCH3 is 1. The Balaban J connectivity index is 2.74. The SMILES string of the molecule is CCOC(=O)CCN(C(=O)c1ccc(OC)cc1)C(C)C. The molecule has 0 heterocycles. The number of nitrogens with zero attached hydrogens (tertiary/aromatic N) is 1. The Morgan fingerprint density at radius 1 is 1.19 bits per heavy atom. The fourth-order valence-corrected chi connectivity index (χ4v) is 1.94. The lowest BCUT2D eigenvalue weighted by molar-refractivity contribution is -0.143. The molecule has 5 nitrogen and oxygen atoms in total. The van der Waals surface area contributed by atoms with Crippen LogP contribution < -0.4 is 4.74 Å². The van der Waals surface area contributed by atoms with Crippen LogP contribution in [0, 0.1) is 0 Å². The molecule has 21 heavy (non-hydrogen) atoms. The first-order valence-electron chi connectivity index (χ1n) is 7.10. The van der Waals surface area contributed by atoms with Crippen molar-refractivity contribution in [2.24, 2.45) is 0 Å². The quantitative estimate of drug-likeness (QED) is 0.725. The van der Waals surface area contributed by atoms with Crippen molar-refractivity contribution in [3.63, 3.8) is 0 Å². The predicted octanol–water partition coefficient (Wildman–Crippen LogP) is 2.50. The van der Waals surface area contributed by atoms with E-state index in [-0.39, 0.29) is 24.3 Å². The highest BCUT2D eigenvalue weighted by atomic mass is 16.5. The normalized spacial score (nSPS) is 10.3. The molecule has 0 aliphatic rings. The highest BCUT2D eigenvalue weighted by molar-refractivity contribution is 5.94. The average Bonchev–Trinajstić information content (AvgIpc) is 2.47. The molecule has 0 spiro atoms. The average molecular weight is 293 g/mol. The summed E-state index contributed by atoms with van der Waals surface area (Å²) in [5.41, 5.74) is 0.577. The molecular formula is C16H23NO4. The van der Waals surface area contributed by atoms with Crippen LogP contribution >= 0.6 is 0 Å². The summed E-state index contributed by atoms with van der Waals surface area (Å²) in [6.45, 7) is 6.31. The van der Waals surface area contributed by atoms with Gasteiger partial charge in [-0.3, -0.25) is 9.59 Å². The largest absolute Gasteiger partial charge is 0.497 e. The fraction of sp³-hybridized carbons (Fsp3) is 0.500. The van der Waals surface area contributed by atoms with Crippen LogP contribution in [0.1, 0.15) is 37.6 Å². The van der Waals surface area contributed by atoms with Crippen molar-refractivity contribution in [1.82, 2.24) is 4.90 Å². The Morgan fingerprint density at radius 2 is 1.81 bits per heavy atom. The van der Waals surface area contributed by atoms with Gasteiger partial charge < -0.3 is 14.4 Å². The van der Waals surface area contributed by atoms with Gasteiger partial charge >= 0.3 is 5.97 Å². The van der Waals surface area contributed by atoms with Gasteiger partial charge in [0.25, 0.3) is 5.91 Å². The van der Waals surface area contributed by atoms with Crippen molar-refractivity contribution in [2.75, 3.05) is 20.3 Å². The third-order valence-electron chi connectivity index (χ3n) is 3.08. The molecule has 5 heteroatoms. The van der Waals surface area contributed by atoms with Gasteiger partial charge in [-0.05, 0) is 45.0 Å². The summed E-state index contributed by atoms with van der Waals surface area (Å²) in [5.74, 6) is 0.316. The maximum Gasteiger partial charge on any atom is 0.307 e. The molecule has 1 amide bonds. The molecule has 0 saturated heterocycles. The van der Waals surface area contributed by atoms with Crippen LogP contribution in [-0.2, 0) is 9.53 Å². The molecule has 0 bridgehead atoms. The molecule has 1 aromatic rings. The second kappa shape index (κ2) is 8.29. The van der Waals surface area contributed by atoms with Crippen LogP contribution in [-0.4, -0.2) is 43.1 Å². The number of amides is 1. The topological polar surface area (TPSA) is 55.8 Å². The number of hydrogen-bond donors (Lipinski definition) is 0. The molecule has 0 N–H and O–H groups in total. The van der Waals surface area contributed by atoms with Gasteiger partial charge in [0.1, 0.15) is 5.75 Å². The second-order valence-corrected chi connectivity index (χ2v) is 4.88. The van der Waals surface area contributed by atoms with Gasteiger partial charge in [-0.2, -0.15) is 0 Å². The molecule has 0 aliphatic heterocycles. The summed E-state index contributed by atoms with van der Waals surface area (Å²) in [7, 11) is 1.58. The summed E-state index contributed by atoms with van der Waals surface area (Å²) >= 11 is 0. The molecule has 0 unspecified atom stereocenters. The molecule has 1 aromatic carbocycles. The Labute approximate surface area is 125 Å². The first kappa shape index (κ1) is 17.0. The number of hydrogen-bond acceptors (Lipinski definition) is 4. The van der Waals surface area contributed by atoms with E-state index in [4.69, 9.17) is 9.47 Å². The van der Waals surface area contributed by atoms with Crippen molar-refractivity contribution >= 4 is 11.9 Å². The molecule has 0 saturated carbocycles. The van der Waals surface area contributed by atoms with Crippen LogP contribution in [0.4, 0.5) is 0 Å². The van der Waals surface area contributed by atoms with E-state index in [1.165, 1.54) is 0 Å². The zero-order valence-electron chi connectivity index (χ0n) is 13.1. The van der Waals surface area contributed by atoms with Crippen molar-refractivity contribution in [3.8, 4) is 5.75 Å². The lowest BCUT2D eigenvalue weighted by Crippen LogP contribution is -2.38. The van der Waals surface area contributed by atoms with Crippen LogP contribution in [0.25, 0.3) is 0 Å².